The molecule has 3 aromatic rings. The van der Waals surface area contributed by atoms with Gasteiger partial charge in [0.1, 0.15) is 5.75 Å². The molecule has 3 heterocycles. The quantitative estimate of drug-likeness (QED) is 0.659. The Morgan fingerprint density at radius 1 is 1.19 bits per heavy atom. The number of carbonyl (C=O) groups is 1. The molecule has 5 rings (SSSR count). The molecule has 1 amide bonds. The van der Waals surface area contributed by atoms with Crippen LogP contribution in [-0.2, 0) is 11.2 Å². The van der Waals surface area contributed by atoms with Crippen LogP contribution in [0.1, 0.15) is 37.6 Å². The predicted molar refractivity (Wildman–Crippen MR) is 116 cm³/mol. The molecule has 0 radical (unpaired) electrons. The second kappa shape index (κ2) is 8.11. The molecule has 32 heavy (non-hydrogen) atoms. The van der Waals surface area contributed by atoms with E-state index in [0.29, 0.717) is 23.1 Å². The van der Waals surface area contributed by atoms with Crippen LogP contribution in [0.5, 0.6) is 17.2 Å². The molecule has 8 heteroatoms. The van der Waals surface area contributed by atoms with Gasteiger partial charge in [0.25, 0.3) is 5.91 Å². The maximum atomic E-state index is 12.7. The van der Waals surface area contributed by atoms with Crippen LogP contribution in [0.25, 0.3) is 11.4 Å². The molecule has 0 fully saturated rings. The Labute approximate surface area is 186 Å². The SMILES string of the molecule is CC1(C)Cc2nc(-c3ccncc3)ncc2[C@@H](NC(=O)COc2ccc3c(c2)OCO3)C1. The molecule has 164 valence electrons. The number of amides is 1. The van der Waals surface area contributed by atoms with Crippen molar-refractivity contribution < 1.29 is 19.0 Å². The summed E-state index contributed by atoms with van der Waals surface area (Å²) >= 11 is 0. The summed E-state index contributed by atoms with van der Waals surface area (Å²) < 4.78 is 16.3. The van der Waals surface area contributed by atoms with Gasteiger partial charge >= 0.3 is 0 Å². The highest BCUT2D eigenvalue weighted by atomic mass is 16.7. The molecule has 0 saturated heterocycles. The molecule has 0 saturated carbocycles. The smallest absolute Gasteiger partial charge is 0.258 e. The molecule has 1 aliphatic carbocycles. The van der Waals surface area contributed by atoms with Gasteiger partial charge in [0.15, 0.2) is 23.9 Å². The number of rotatable bonds is 5. The van der Waals surface area contributed by atoms with Crippen LogP contribution in [0.15, 0.2) is 48.9 Å². The summed E-state index contributed by atoms with van der Waals surface area (Å²) in [7, 11) is 0. The van der Waals surface area contributed by atoms with Crippen molar-refractivity contribution >= 4 is 5.91 Å². The highest BCUT2D eigenvalue weighted by molar-refractivity contribution is 5.78. The number of fused-ring (bicyclic) bond motifs is 2. The molecule has 1 aromatic carbocycles. The third-order valence-corrected chi connectivity index (χ3v) is 5.67. The van der Waals surface area contributed by atoms with Gasteiger partial charge in [0.2, 0.25) is 6.79 Å². The number of nitrogens with zero attached hydrogens (tertiary/aromatic N) is 3. The van der Waals surface area contributed by atoms with Gasteiger partial charge in [-0.3, -0.25) is 9.78 Å². The normalized spacial score (nSPS) is 18.0. The molecule has 1 N–H and O–H groups in total. The van der Waals surface area contributed by atoms with E-state index in [9.17, 15) is 4.79 Å². The first-order valence-electron chi connectivity index (χ1n) is 10.5. The average molecular weight is 432 g/mol. The van der Waals surface area contributed by atoms with Gasteiger partial charge in [-0.05, 0) is 42.5 Å². The Kier molecular flexibility index (Phi) is 5.13. The molecule has 2 aromatic heterocycles. The highest BCUT2D eigenvalue weighted by Gasteiger charge is 2.34. The van der Waals surface area contributed by atoms with Crippen LogP contribution in [0.3, 0.4) is 0 Å². The van der Waals surface area contributed by atoms with E-state index >= 15 is 0 Å². The van der Waals surface area contributed by atoms with E-state index in [1.165, 1.54) is 0 Å². The van der Waals surface area contributed by atoms with E-state index in [0.717, 1.165) is 29.7 Å². The van der Waals surface area contributed by atoms with Crippen LogP contribution in [0.2, 0.25) is 0 Å². The zero-order valence-electron chi connectivity index (χ0n) is 18.0. The first kappa shape index (κ1) is 20.2. The summed E-state index contributed by atoms with van der Waals surface area (Å²) in [5.41, 5.74) is 2.83. The van der Waals surface area contributed by atoms with Gasteiger partial charge < -0.3 is 19.5 Å². The minimum absolute atomic E-state index is 0.00695. The molecule has 2 aliphatic rings. The molecular weight excluding hydrogens is 408 g/mol. The number of pyridine rings is 1. The second-order valence-electron chi connectivity index (χ2n) is 8.80. The van der Waals surface area contributed by atoms with Crippen molar-refractivity contribution in [1.82, 2.24) is 20.3 Å². The van der Waals surface area contributed by atoms with Gasteiger partial charge in [0.05, 0.1) is 11.7 Å². The molecule has 1 aliphatic heterocycles. The summed E-state index contributed by atoms with van der Waals surface area (Å²) in [5, 5.41) is 3.10. The molecule has 0 unspecified atom stereocenters. The van der Waals surface area contributed by atoms with Crippen LogP contribution in [0.4, 0.5) is 0 Å². The number of hydrogen-bond donors (Lipinski definition) is 1. The summed E-state index contributed by atoms with van der Waals surface area (Å²) in [5.74, 6) is 2.32. The number of hydrogen-bond acceptors (Lipinski definition) is 7. The third kappa shape index (κ3) is 4.21. The highest BCUT2D eigenvalue weighted by Crippen LogP contribution is 2.40. The fourth-order valence-corrected chi connectivity index (χ4v) is 4.17. The molecule has 0 bridgehead atoms. The Bertz CT molecular complexity index is 1150. The van der Waals surface area contributed by atoms with Crippen LogP contribution in [0, 0.1) is 5.41 Å². The van der Waals surface area contributed by atoms with E-state index in [1.54, 1.807) is 30.6 Å². The van der Waals surface area contributed by atoms with Crippen molar-refractivity contribution in [1.29, 1.82) is 0 Å². The fourth-order valence-electron chi connectivity index (χ4n) is 4.17. The van der Waals surface area contributed by atoms with E-state index in [4.69, 9.17) is 19.2 Å². The van der Waals surface area contributed by atoms with Crippen molar-refractivity contribution in [2.45, 2.75) is 32.7 Å². The lowest BCUT2D eigenvalue weighted by Crippen LogP contribution is -2.39. The molecule has 0 spiro atoms. The summed E-state index contributed by atoms with van der Waals surface area (Å²) in [6.07, 6.45) is 6.91. The Hall–Kier alpha value is -3.68. The van der Waals surface area contributed by atoms with Gasteiger partial charge in [0, 0.05) is 35.8 Å². The van der Waals surface area contributed by atoms with Gasteiger partial charge in [-0.15, -0.1) is 0 Å². The number of benzene rings is 1. The fraction of sp³-hybridized carbons (Fsp3) is 0.333. The predicted octanol–water partition coefficient (Wildman–Crippen LogP) is 3.48. The van der Waals surface area contributed by atoms with E-state index in [2.05, 4.69) is 29.1 Å². The second-order valence-corrected chi connectivity index (χ2v) is 8.80. The van der Waals surface area contributed by atoms with Gasteiger partial charge in [-0.1, -0.05) is 13.8 Å². The van der Waals surface area contributed by atoms with Crippen molar-refractivity contribution in [3.63, 3.8) is 0 Å². The zero-order valence-corrected chi connectivity index (χ0v) is 18.0. The Morgan fingerprint density at radius 3 is 2.84 bits per heavy atom. The first-order chi connectivity index (χ1) is 15.5. The Morgan fingerprint density at radius 2 is 2.00 bits per heavy atom. The van der Waals surface area contributed by atoms with Gasteiger partial charge in [-0.25, -0.2) is 9.97 Å². The lowest BCUT2D eigenvalue weighted by atomic mass is 9.74. The number of aromatic nitrogens is 3. The first-order valence-corrected chi connectivity index (χ1v) is 10.5. The van der Waals surface area contributed by atoms with Crippen molar-refractivity contribution in [3.05, 3.63) is 60.2 Å². The van der Waals surface area contributed by atoms with Crippen molar-refractivity contribution in [2.75, 3.05) is 13.4 Å². The third-order valence-electron chi connectivity index (χ3n) is 5.67. The van der Waals surface area contributed by atoms with Crippen molar-refractivity contribution in [3.8, 4) is 28.6 Å². The van der Waals surface area contributed by atoms with E-state index < -0.39 is 0 Å². The largest absolute Gasteiger partial charge is 0.484 e. The maximum absolute atomic E-state index is 12.7. The summed E-state index contributed by atoms with van der Waals surface area (Å²) in [6, 6.07) is 8.86. The number of ether oxygens (including phenoxy) is 3. The molecular formula is C24H24N4O4. The van der Waals surface area contributed by atoms with Gasteiger partial charge in [-0.2, -0.15) is 0 Å². The van der Waals surface area contributed by atoms with Crippen LogP contribution in [-0.4, -0.2) is 34.3 Å². The number of nitrogens with one attached hydrogen (secondary N) is 1. The summed E-state index contributed by atoms with van der Waals surface area (Å²) in [4.78, 5) is 26.1. The minimum atomic E-state index is -0.200. The monoisotopic (exact) mass is 432 g/mol. The zero-order chi connectivity index (χ0) is 22.1. The molecule has 8 nitrogen and oxygen atoms in total. The maximum Gasteiger partial charge on any atom is 0.258 e. The standard InChI is InChI=1S/C24H24N4O4/c1-24(2)10-18(17-12-26-23(28-19(17)11-24)15-5-7-25-8-6-15)27-22(29)13-30-16-3-4-20-21(9-16)32-14-31-20/h3-9,12,18H,10-11,13-14H2,1-2H3,(H,27,29)/t18-/m0/s1. The van der Waals surface area contributed by atoms with E-state index in [1.807, 2.05) is 18.3 Å². The molecule has 1 atom stereocenters. The topological polar surface area (TPSA) is 95.5 Å². The Balaban J connectivity index is 1.30. The minimum Gasteiger partial charge on any atom is -0.484 e. The summed E-state index contributed by atoms with van der Waals surface area (Å²) in [6.45, 7) is 4.47. The number of carbonyl (C=O) groups excluding carboxylic acids is 1. The van der Waals surface area contributed by atoms with Crippen molar-refractivity contribution in [2.24, 2.45) is 5.41 Å². The average Bonchev–Trinajstić information content (AvgIpc) is 3.25. The lowest BCUT2D eigenvalue weighted by Gasteiger charge is -2.36. The van der Waals surface area contributed by atoms with Crippen LogP contribution >= 0.6 is 0 Å². The van der Waals surface area contributed by atoms with Crippen LogP contribution < -0.4 is 19.5 Å². The van der Waals surface area contributed by atoms with E-state index in [-0.39, 0.29) is 30.8 Å². The lowest BCUT2D eigenvalue weighted by molar-refractivity contribution is -0.124.